The Kier molecular flexibility index (Phi) is 4.07. The van der Waals surface area contributed by atoms with Crippen LogP contribution in [0.3, 0.4) is 0 Å². The van der Waals surface area contributed by atoms with Crippen molar-refractivity contribution in [1.29, 1.82) is 0 Å². The van der Waals surface area contributed by atoms with Crippen LogP contribution in [0.15, 0.2) is 0 Å². The molecule has 0 radical (unpaired) electrons. The van der Waals surface area contributed by atoms with E-state index in [4.69, 9.17) is 4.74 Å². The fourth-order valence-electron chi connectivity index (χ4n) is 1.79. The van der Waals surface area contributed by atoms with E-state index in [0.29, 0.717) is 0 Å². The molecule has 1 unspecified atom stereocenters. The molecule has 1 fully saturated rings. The zero-order chi connectivity index (χ0) is 11.6. The molecule has 88 valence electrons. The number of amides is 1. The molecule has 1 rings (SSSR count). The van der Waals surface area contributed by atoms with Crippen LogP contribution < -0.4 is 5.32 Å². The van der Waals surface area contributed by atoms with Gasteiger partial charge in [-0.05, 0) is 5.92 Å². The van der Waals surface area contributed by atoms with Crippen molar-refractivity contribution in [2.45, 2.75) is 51.7 Å². The van der Waals surface area contributed by atoms with Gasteiger partial charge in [-0.15, -0.1) is 0 Å². The minimum absolute atomic E-state index is 0.147. The van der Waals surface area contributed by atoms with Gasteiger partial charge in [-0.25, -0.2) is 0 Å². The summed E-state index contributed by atoms with van der Waals surface area (Å²) in [5.74, 6) is -0.139. The number of nitrogens with one attached hydrogen (secondary N) is 1. The van der Waals surface area contributed by atoms with Gasteiger partial charge in [0.2, 0.25) is 5.91 Å². The minimum atomic E-state index is -1.12. The summed E-state index contributed by atoms with van der Waals surface area (Å²) in [5, 5.41) is 21.9. The molecule has 1 amide bonds. The lowest BCUT2D eigenvalue weighted by Crippen LogP contribution is -2.47. The molecule has 0 aromatic rings. The average Bonchev–Trinajstić information content (AvgIpc) is 2.44. The van der Waals surface area contributed by atoms with Gasteiger partial charge in [0, 0.05) is 6.92 Å². The maximum atomic E-state index is 10.8. The highest BCUT2D eigenvalue weighted by atomic mass is 16.6. The lowest BCUT2D eigenvalue weighted by atomic mass is 9.95. The fourth-order valence-corrected chi connectivity index (χ4v) is 1.79. The number of carbonyl (C=O) groups excluding carboxylic acids is 1. The van der Waals surface area contributed by atoms with E-state index in [1.165, 1.54) is 6.92 Å². The monoisotopic (exact) mass is 217 g/mol. The maximum absolute atomic E-state index is 10.8. The molecule has 0 bridgehead atoms. The number of carbonyl (C=O) groups is 1. The number of hydrogen-bond acceptors (Lipinski definition) is 4. The van der Waals surface area contributed by atoms with E-state index >= 15 is 0 Å². The lowest BCUT2D eigenvalue weighted by molar-refractivity contribution is -0.128. The molecule has 0 aromatic carbocycles. The molecule has 1 aliphatic heterocycles. The third-order valence-corrected chi connectivity index (χ3v) is 2.88. The van der Waals surface area contributed by atoms with Gasteiger partial charge in [-0.2, -0.15) is 0 Å². The van der Waals surface area contributed by atoms with E-state index in [-0.39, 0.29) is 11.8 Å². The second kappa shape index (κ2) is 4.92. The summed E-state index contributed by atoms with van der Waals surface area (Å²) in [6, 6.07) is -0.721. The summed E-state index contributed by atoms with van der Waals surface area (Å²) in [6.07, 6.45) is -1.54. The predicted octanol–water partition coefficient (Wildman–Crippen LogP) is -0.385. The van der Waals surface area contributed by atoms with Gasteiger partial charge >= 0.3 is 0 Å². The average molecular weight is 217 g/mol. The van der Waals surface area contributed by atoms with Gasteiger partial charge in [0.25, 0.3) is 0 Å². The molecule has 5 nitrogen and oxygen atoms in total. The van der Waals surface area contributed by atoms with Crippen LogP contribution in [0.2, 0.25) is 0 Å². The van der Waals surface area contributed by atoms with Crippen molar-refractivity contribution in [2.75, 3.05) is 0 Å². The van der Waals surface area contributed by atoms with Crippen LogP contribution in [0.1, 0.15) is 27.2 Å². The van der Waals surface area contributed by atoms with E-state index in [9.17, 15) is 15.0 Å². The Morgan fingerprint density at radius 2 is 2.13 bits per heavy atom. The van der Waals surface area contributed by atoms with Crippen LogP contribution in [0, 0.1) is 5.92 Å². The smallest absolute Gasteiger partial charge is 0.217 e. The predicted molar refractivity (Wildman–Crippen MR) is 53.9 cm³/mol. The van der Waals surface area contributed by atoms with E-state index in [0.717, 1.165) is 6.42 Å². The highest BCUT2D eigenvalue weighted by molar-refractivity contribution is 5.73. The van der Waals surface area contributed by atoms with Gasteiger partial charge in [0.1, 0.15) is 12.1 Å². The second-order valence-electron chi connectivity index (χ2n) is 4.09. The third kappa shape index (κ3) is 2.68. The fraction of sp³-hybridized carbons (Fsp3) is 0.900. The molecule has 0 aromatic heterocycles. The molecule has 5 atom stereocenters. The zero-order valence-corrected chi connectivity index (χ0v) is 9.30. The van der Waals surface area contributed by atoms with E-state index in [2.05, 4.69) is 5.32 Å². The Balaban J connectivity index is 2.65. The summed E-state index contributed by atoms with van der Waals surface area (Å²) in [6.45, 7) is 5.27. The van der Waals surface area contributed by atoms with Crippen LogP contribution in [-0.4, -0.2) is 40.7 Å². The molecule has 0 saturated carbocycles. The summed E-state index contributed by atoms with van der Waals surface area (Å²) < 4.78 is 5.23. The van der Waals surface area contributed by atoms with Crippen LogP contribution in [0.25, 0.3) is 0 Å². The van der Waals surface area contributed by atoms with Crippen molar-refractivity contribution in [3.05, 3.63) is 0 Å². The number of ether oxygens (including phenoxy) is 1. The van der Waals surface area contributed by atoms with E-state index in [1.54, 1.807) is 0 Å². The highest BCUT2D eigenvalue weighted by Crippen LogP contribution is 2.26. The van der Waals surface area contributed by atoms with Crippen LogP contribution in [-0.2, 0) is 9.53 Å². The molecule has 5 heteroatoms. The number of aliphatic hydroxyl groups excluding tert-OH is 2. The van der Waals surface area contributed by atoms with Gasteiger partial charge in [0.05, 0.1) is 6.10 Å². The second-order valence-corrected chi connectivity index (χ2v) is 4.09. The Labute approximate surface area is 89.4 Å². The quantitative estimate of drug-likeness (QED) is 0.602. The number of rotatable bonds is 3. The third-order valence-electron chi connectivity index (χ3n) is 2.88. The SMILES string of the molecule is CC[C@H](C)[C@H]1O[C@H](O)C(NC(C)=O)[C@@H]1O. The summed E-state index contributed by atoms with van der Waals surface area (Å²) in [7, 11) is 0. The molecular weight excluding hydrogens is 198 g/mol. The van der Waals surface area contributed by atoms with Crippen molar-refractivity contribution < 1.29 is 19.7 Å². The van der Waals surface area contributed by atoms with Crippen molar-refractivity contribution in [2.24, 2.45) is 5.92 Å². The molecular formula is C10H19NO4. The van der Waals surface area contributed by atoms with Crippen LogP contribution in [0.5, 0.6) is 0 Å². The Hall–Kier alpha value is -0.650. The molecule has 1 saturated heterocycles. The number of hydrogen-bond donors (Lipinski definition) is 3. The topological polar surface area (TPSA) is 78.8 Å². The van der Waals surface area contributed by atoms with E-state index < -0.39 is 24.5 Å². The van der Waals surface area contributed by atoms with Gasteiger partial charge in [-0.3, -0.25) is 4.79 Å². The normalized spacial score (nSPS) is 37.7. The Morgan fingerprint density at radius 3 is 2.60 bits per heavy atom. The Bertz CT molecular complexity index is 233. The first-order chi connectivity index (χ1) is 6.97. The van der Waals surface area contributed by atoms with Gasteiger partial charge < -0.3 is 20.3 Å². The van der Waals surface area contributed by atoms with Crippen LogP contribution >= 0.6 is 0 Å². The van der Waals surface area contributed by atoms with Crippen LogP contribution in [0.4, 0.5) is 0 Å². The van der Waals surface area contributed by atoms with Gasteiger partial charge in [-0.1, -0.05) is 20.3 Å². The maximum Gasteiger partial charge on any atom is 0.217 e. The van der Waals surface area contributed by atoms with Crippen molar-refractivity contribution in [3.63, 3.8) is 0 Å². The molecule has 1 heterocycles. The minimum Gasteiger partial charge on any atom is -0.388 e. The number of aliphatic hydroxyl groups is 2. The first-order valence-electron chi connectivity index (χ1n) is 5.26. The largest absolute Gasteiger partial charge is 0.388 e. The van der Waals surface area contributed by atoms with E-state index in [1.807, 2.05) is 13.8 Å². The molecule has 1 aliphatic rings. The standard InChI is InChI=1S/C10H19NO4/c1-4-5(2)9-8(13)7(10(14)15-9)11-6(3)12/h5,7-10,13-14H,4H2,1-3H3,(H,11,12)/t5-,7?,8-,9+,10-/m0/s1. The Morgan fingerprint density at radius 1 is 1.53 bits per heavy atom. The molecule has 3 N–H and O–H groups in total. The first kappa shape index (κ1) is 12.4. The van der Waals surface area contributed by atoms with Crippen molar-refractivity contribution >= 4 is 5.91 Å². The van der Waals surface area contributed by atoms with Crippen molar-refractivity contribution in [3.8, 4) is 0 Å². The summed E-state index contributed by atoms with van der Waals surface area (Å²) in [5.41, 5.74) is 0. The van der Waals surface area contributed by atoms with Crippen molar-refractivity contribution in [1.82, 2.24) is 5.32 Å². The molecule has 0 spiro atoms. The zero-order valence-electron chi connectivity index (χ0n) is 9.30. The summed E-state index contributed by atoms with van der Waals surface area (Å²) in [4.78, 5) is 10.8. The first-order valence-corrected chi connectivity index (χ1v) is 5.26. The highest BCUT2D eigenvalue weighted by Gasteiger charge is 2.44. The van der Waals surface area contributed by atoms with Gasteiger partial charge in [0.15, 0.2) is 6.29 Å². The summed E-state index contributed by atoms with van der Waals surface area (Å²) >= 11 is 0. The molecule has 0 aliphatic carbocycles. The lowest BCUT2D eigenvalue weighted by Gasteiger charge is -2.21. The molecule has 15 heavy (non-hydrogen) atoms.